The number of aromatic nitrogens is 4. The fourth-order valence-electron chi connectivity index (χ4n) is 4.47. The second kappa shape index (κ2) is 15.8. The fraction of sp³-hybridized carbons (Fsp3) is 0.0588. The highest BCUT2D eigenvalue weighted by atomic mass is 35.5. The molecule has 4 aromatic heterocycles. The number of carboxylic acids is 2. The summed E-state index contributed by atoms with van der Waals surface area (Å²) in [5.41, 5.74) is 3.06. The molecule has 252 valence electrons. The first-order chi connectivity index (χ1) is 23.9. The first kappa shape index (κ1) is 35.8. The van der Waals surface area contributed by atoms with Crippen LogP contribution in [0.1, 0.15) is 33.2 Å². The van der Waals surface area contributed by atoms with Crippen LogP contribution < -0.4 is 10.6 Å². The highest BCUT2D eigenvalue weighted by Gasteiger charge is 2.23. The Labute approximate surface area is 302 Å². The van der Waals surface area contributed by atoms with E-state index in [1.54, 1.807) is 72.8 Å². The Balaban J connectivity index is 0.000000194. The molecular formula is C34H24Cl2N6O6S2. The van der Waals surface area contributed by atoms with E-state index in [1.165, 1.54) is 26.2 Å². The summed E-state index contributed by atoms with van der Waals surface area (Å²) < 4.78 is 0. The van der Waals surface area contributed by atoms with Gasteiger partial charge in [-0.25, -0.2) is 29.5 Å². The Morgan fingerprint density at radius 3 is 1.34 bits per heavy atom. The number of carbonyl (C=O) groups is 4. The van der Waals surface area contributed by atoms with Gasteiger partial charge in [0.15, 0.2) is 0 Å². The number of carboxylic acid groups (broad SMARTS) is 2. The SMILES string of the molecule is CC(=O)Nc1cc(-c2nc(-c3ccccc3Cl)c(C(=O)O)s2)ccn1.CC(=O)Nc1cc(-c2nc(-c3ccccc3Cl)c(C(=O)O)s2)ccn1. The molecule has 0 spiro atoms. The molecule has 0 bridgehead atoms. The third-order valence-electron chi connectivity index (χ3n) is 6.52. The van der Waals surface area contributed by atoms with Crippen molar-refractivity contribution in [3.8, 4) is 43.7 Å². The van der Waals surface area contributed by atoms with E-state index in [4.69, 9.17) is 23.2 Å². The quantitative estimate of drug-likeness (QED) is 0.118. The average Bonchev–Trinajstić information content (AvgIpc) is 3.72. The fourth-order valence-corrected chi connectivity index (χ4v) is 6.75. The Morgan fingerprint density at radius 2 is 1.00 bits per heavy atom. The van der Waals surface area contributed by atoms with Crippen LogP contribution in [0.2, 0.25) is 10.0 Å². The number of anilines is 2. The van der Waals surface area contributed by atoms with Crippen LogP contribution in [0.4, 0.5) is 11.6 Å². The Kier molecular flexibility index (Phi) is 11.3. The van der Waals surface area contributed by atoms with Gasteiger partial charge in [0.05, 0.1) is 21.4 Å². The summed E-state index contributed by atoms with van der Waals surface area (Å²) in [6.07, 6.45) is 3.05. The highest BCUT2D eigenvalue weighted by Crippen LogP contribution is 2.38. The van der Waals surface area contributed by atoms with E-state index in [-0.39, 0.29) is 21.6 Å². The van der Waals surface area contributed by atoms with Gasteiger partial charge in [-0.05, 0) is 36.4 Å². The molecule has 0 aliphatic heterocycles. The number of halogens is 2. The molecule has 0 aliphatic rings. The van der Waals surface area contributed by atoms with Crippen LogP contribution in [0, 0.1) is 0 Å². The molecule has 0 saturated heterocycles. The Bertz CT molecular complexity index is 2100. The molecule has 0 atom stereocenters. The number of hydrogen-bond acceptors (Lipinski definition) is 10. The molecule has 0 saturated carbocycles. The summed E-state index contributed by atoms with van der Waals surface area (Å²) in [5.74, 6) is -1.89. The molecule has 0 fully saturated rings. The second-order valence-corrected chi connectivity index (χ2v) is 13.0. The Hall–Kier alpha value is -5.54. The van der Waals surface area contributed by atoms with E-state index in [1.807, 2.05) is 0 Å². The second-order valence-electron chi connectivity index (χ2n) is 10.2. The van der Waals surface area contributed by atoms with Crippen molar-refractivity contribution in [2.24, 2.45) is 0 Å². The topological polar surface area (TPSA) is 184 Å². The number of carbonyl (C=O) groups excluding carboxylic acids is 2. The van der Waals surface area contributed by atoms with E-state index in [2.05, 4.69) is 30.6 Å². The van der Waals surface area contributed by atoms with Gasteiger partial charge in [0.1, 0.15) is 31.4 Å². The number of benzene rings is 2. The van der Waals surface area contributed by atoms with Gasteiger partial charge in [-0.3, -0.25) is 9.59 Å². The molecule has 4 heterocycles. The van der Waals surface area contributed by atoms with Gasteiger partial charge in [0.2, 0.25) is 11.8 Å². The van der Waals surface area contributed by atoms with E-state index in [0.29, 0.717) is 65.3 Å². The predicted octanol–water partition coefficient (Wildman–Crippen LogP) is 8.36. The van der Waals surface area contributed by atoms with Crippen LogP contribution in [0.3, 0.4) is 0 Å². The minimum Gasteiger partial charge on any atom is -0.477 e. The van der Waals surface area contributed by atoms with Gasteiger partial charge in [-0.1, -0.05) is 59.6 Å². The van der Waals surface area contributed by atoms with Crippen molar-refractivity contribution in [2.75, 3.05) is 10.6 Å². The van der Waals surface area contributed by atoms with Crippen LogP contribution in [-0.2, 0) is 9.59 Å². The molecule has 4 N–H and O–H groups in total. The van der Waals surface area contributed by atoms with Crippen LogP contribution in [0.25, 0.3) is 43.7 Å². The standard InChI is InChI=1S/2C17H12ClN3O3S/c2*1-9(22)20-13-8-10(6-7-19-13)16-21-14(15(25-16)17(23)24)11-4-2-3-5-12(11)18/h2*2-8H,1H3,(H,23,24)(H,19,20,22). The van der Waals surface area contributed by atoms with Crippen molar-refractivity contribution < 1.29 is 29.4 Å². The van der Waals surface area contributed by atoms with E-state index in [0.717, 1.165) is 22.7 Å². The number of rotatable bonds is 8. The lowest BCUT2D eigenvalue weighted by Gasteiger charge is -2.03. The molecule has 0 aliphatic carbocycles. The number of nitrogens with zero attached hydrogens (tertiary/aromatic N) is 4. The lowest BCUT2D eigenvalue weighted by Crippen LogP contribution is -2.07. The van der Waals surface area contributed by atoms with Gasteiger partial charge in [0.25, 0.3) is 0 Å². The highest BCUT2D eigenvalue weighted by molar-refractivity contribution is 7.17. The summed E-state index contributed by atoms with van der Waals surface area (Å²) in [5, 5.41) is 26.1. The van der Waals surface area contributed by atoms with Crippen molar-refractivity contribution in [3.05, 3.63) is 105 Å². The maximum Gasteiger partial charge on any atom is 0.348 e. The molecule has 6 rings (SSSR count). The van der Waals surface area contributed by atoms with Crippen molar-refractivity contribution in [2.45, 2.75) is 13.8 Å². The van der Waals surface area contributed by atoms with E-state index in [9.17, 15) is 29.4 Å². The summed E-state index contributed by atoms with van der Waals surface area (Å²) in [4.78, 5) is 62.8. The molecule has 2 amide bonds. The number of hydrogen-bond donors (Lipinski definition) is 4. The van der Waals surface area contributed by atoms with Gasteiger partial charge in [-0.15, -0.1) is 22.7 Å². The summed E-state index contributed by atoms with van der Waals surface area (Å²) in [7, 11) is 0. The third-order valence-corrected chi connectivity index (χ3v) is 9.37. The normalized spacial score (nSPS) is 10.5. The van der Waals surface area contributed by atoms with Crippen molar-refractivity contribution in [3.63, 3.8) is 0 Å². The number of amides is 2. The molecule has 0 unspecified atom stereocenters. The van der Waals surface area contributed by atoms with Crippen LogP contribution in [-0.4, -0.2) is 53.9 Å². The van der Waals surface area contributed by atoms with Gasteiger partial charge in [-0.2, -0.15) is 0 Å². The van der Waals surface area contributed by atoms with Gasteiger partial charge >= 0.3 is 11.9 Å². The minimum absolute atomic E-state index is 0.0981. The monoisotopic (exact) mass is 746 g/mol. The minimum atomic E-state index is -1.07. The first-order valence-electron chi connectivity index (χ1n) is 14.4. The van der Waals surface area contributed by atoms with Gasteiger partial charge in [0, 0.05) is 48.5 Å². The smallest absolute Gasteiger partial charge is 0.348 e. The summed E-state index contributed by atoms with van der Waals surface area (Å²) in [6, 6.07) is 20.6. The molecule has 2 aromatic carbocycles. The molecule has 16 heteroatoms. The third kappa shape index (κ3) is 8.54. The van der Waals surface area contributed by atoms with Crippen molar-refractivity contribution in [1.29, 1.82) is 0 Å². The number of pyridine rings is 2. The summed E-state index contributed by atoms with van der Waals surface area (Å²) >= 11 is 14.5. The molecule has 0 radical (unpaired) electrons. The van der Waals surface area contributed by atoms with Crippen molar-refractivity contribution in [1.82, 2.24) is 19.9 Å². The van der Waals surface area contributed by atoms with E-state index >= 15 is 0 Å². The predicted molar refractivity (Wildman–Crippen MR) is 194 cm³/mol. The van der Waals surface area contributed by atoms with Crippen LogP contribution in [0.15, 0.2) is 85.2 Å². The van der Waals surface area contributed by atoms with Crippen LogP contribution in [0.5, 0.6) is 0 Å². The van der Waals surface area contributed by atoms with E-state index < -0.39 is 11.9 Å². The number of nitrogens with one attached hydrogen (secondary N) is 2. The summed E-state index contributed by atoms with van der Waals surface area (Å²) in [6.45, 7) is 2.77. The van der Waals surface area contributed by atoms with Gasteiger partial charge < -0.3 is 20.8 Å². The zero-order chi connectivity index (χ0) is 35.9. The molecule has 6 aromatic rings. The van der Waals surface area contributed by atoms with Crippen LogP contribution >= 0.6 is 45.9 Å². The lowest BCUT2D eigenvalue weighted by atomic mass is 10.1. The first-order valence-corrected chi connectivity index (χ1v) is 16.8. The number of aromatic carboxylic acids is 2. The maximum atomic E-state index is 11.6. The largest absolute Gasteiger partial charge is 0.477 e. The zero-order valence-corrected chi connectivity index (χ0v) is 29.1. The molecule has 12 nitrogen and oxygen atoms in total. The lowest BCUT2D eigenvalue weighted by molar-refractivity contribution is -0.115. The average molecular weight is 748 g/mol. The Morgan fingerprint density at radius 1 is 0.620 bits per heavy atom. The zero-order valence-electron chi connectivity index (χ0n) is 26.0. The van der Waals surface area contributed by atoms with Crippen molar-refractivity contribution >= 4 is 81.3 Å². The molecular weight excluding hydrogens is 723 g/mol. The maximum absolute atomic E-state index is 11.6. The molecule has 50 heavy (non-hydrogen) atoms. The number of thiazole rings is 2.